The van der Waals surface area contributed by atoms with Gasteiger partial charge in [0, 0.05) is 6.54 Å². The number of ether oxygens (including phenoxy) is 1. The molecule has 3 rings (SSSR count). The third kappa shape index (κ3) is 2.70. The van der Waals surface area contributed by atoms with Crippen molar-refractivity contribution in [1.29, 1.82) is 0 Å². The number of carbonyl (C=O) groups excluding carboxylic acids is 1. The Bertz CT molecular complexity index is 672. The van der Waals surface area contributed by atoms with E-state index in [-0.39, 0.29) is 5.91 Å². The Kier molecular flexibility index (Phi) is 3.86. The Morgan fingerprint density at radius 1 is 1.14 bits per heavy atom. The summed E-state index contributed by atoms with van der Waals surface area (Å²) >= 11 is 0. The first-order valence-electron chi connectivity index (χ1n) is 7.44. The van der Waals surface area contributed by atoms with Crippen LogP contribution in [0.2, 0.25) is 0 Å². The molecule has 2 aromatic rings. The van der Waals surface area contributed by atoms with Gasteiger partial charge in [-0.25, -0.2) is 0 Å². The number of nitrogens with one attached hydrogen (secondary N) is 1. The molecule has 22 heavy (non-hydrogen) atoms. The zero-order valence-corrected chi connectivity index (χ0v) is 12.9. The molecule has 1 fully saturated rings. The molecule has 1 amide bonds. The molecule has 0 saturated carbocycles. The SMILES string of the molecule is CN1CCC1(C)C(=O)Nc1ccccc1Oc1ccccc1. The van der Waals surface area contributed by atoms with Crippen molar-refractivity contribution < 1.29 is 9.53 Å². The zero-order valence-electron chi connectivity index (χ0n) is 12.9. The van der Waals surface area contributed by atoms with E-state index >= 15 is 0 Å². The first-order chi connectivity index (χ1) is 10.6. The van der Waals surface area contributed by atoms with Crippen LogP contribution >= 0.6 is 0 Å². The number of likely N-dealkylation sites (tertiary alicyclic amines) is 1. The molecule has 0 aromatic heterocycles. The molecule has 1 aliphatic rings. The number of hydrogen-bond acceptors (Lipinski definition) is 3. The van der Waals surface area contributed by atoms with Gasteiger partial charge < -0.3 is 10.1 Å². The van der Waals surface area contributed by atoms with Gasteiger partial charge in [-0.2, -0.15) is 0 Å². The molecule has 4 heteroatoms. The van der Waals surface area contributed by atoms with E-state index in [1.807, 2.05) is 68.6 Å². The lowest BCUT2D eigenvalue weighted by molar-refractivity contribution is -0.133. The van der Waals surface area contributed by atoms with Crippen LogP contribution in [0.25, 0.3) is 0 Å². The summed E-state index contributed by atoms with van der Waals surface area (Å²) in [6.07, 6.45) is 0.872. The highest BCUT2D eigenvalue weighted by molar-refractivity contribution is 5.99. The van der Waals surface area contributed by atoms with Crippen LogP contribution in [0, 0.1) is 0 Å². The molecule has 1 atom stereocenters. The highest BCUT2D eigenvalue weighted by Crippen LogP contribution is 2.33. The third-order valence-electron chi connectivity index (χ3n) is 4.37. The van der Waals surface area contributed by atoms with Crippen LogP contribution in [0.4, 0.5) is 5.69 Å². The van der Waals surface area contributed by atoms with Gasteiger partial charge in [0.25, 0.3) is 0 Å². The minimum Gasteiger partial charge on any atom is -0.455 e. The van der Waals surface area contributed by atoms with Crippen LogP contribution in [-0.2, 0) is 4.79 Å². The molecule has 4 nitrogen and oxygen atoms in total. The van der Waals surface area contributed by atoms with Crippen molar-refractivity contribution in [2.75, 3.05) is 18.9 Å². The average molecular weight is 296 g/mol. The van der Waals surface area contributed by atoms with Gasteiger partial charge >= 0.3 is 0 Å². The first-order valence-corrected chi connectivity index (χ1v) is 7.44. The van der Waals surface area contributed by atoms with E-state index in [4.69, 9.17) is 4.74 Å². The van der Waals surface area contributed by atoms with Gasteiger partial charge in [-0.1, -0.05) is 30.3 Å². The van der Waals surface area contributed by atoms with Crippen molar-refractivity contribution in [2.45, 2.75) is 18.9 Å². The van der Waals surface area contributed by atoms with Crippen molar-refractivity contribution in [3.8, 4) is 11.5 Å². The minimum absolute atomic E-state index is 0.00496. The average Bonchev–Trinajstić information content (AvgIpc) is 2.55. The predicted octanol–water partition coefficient (Wildman–Crippen LogP) is 3.51. The molecule has 1 N–H and O–H groups in total. The Morgan fingerprint density at radius 3 is 2.45 bits per heavy atom. The van der Waals surface area contributed by atoms with Gasteiger partial charge in [-0.05, 0) is 44.7 Å². The smallest absolute Gasteiger partial charge is 0.244 e. The highest BCUT2D eigenvalue weighted by atomic mass is 16.5. The fourth-order valence-corrected chi connectivity index (χ4v) is 2.49. The second-order valence-corrected chi connectivity index (χ2v) is 5.81. The molecular weight excluding hydrogens is 276 g/mol. The van der Waals surface area contributed by atoms with Crippen LogP contribution in [0.3, 0.4) is 0 Å². The van der Waals surface area contributed by atoms with Crippen molar-refractivity contribution in [3.63, 3.8) is 0 Å². The van der Waals surface area contributed by atoms with Crippen LogP contribution < -0.4 is 10.1 Å². The maximum atomic E-state index is 12.5. The van der Waals surface area contributed by atoms with Crippen molar-refractivity contribution in [2.24, 2.45) is 0 Å². The zero-order chi connectivity index (χ0) is 15.6. The molecule has 0 radical (unpaired) electrons. The van der Waals surface area contributed by atoms with Crippen LogP contribution in [0.1, 0.15) is 13.3 Å². The number of likely N-dealkylation sites (N-methyl/N-ethyl adjacent to an activating group) is 1. The Morgan fingerprint density at radius 2 is 1.82 bits per heavy atom. The van der Waals surface area contributed by atoms with Gasteiger partial charge in [0.15, 0.2) is 5.75 Å². The van der Waals surface area contributed by atoms with E-state index in [0.29, 0.717) is 11.4 Å². The molecule has 0 bridgehead atoms. The summed E-state index contributed by atoms with van der Waals surface area (Å²) in [5.41, 5.74) is 0.262. The maximum Gasteiger partial charge on any atom is 0.244 e. The maximum absolute atomic E-state index is 12.5. The lowest BCUT2D eigenvalue weighted by Crippen LogP contribution is -2.62. The summed E-state index contributed by atoms with van der Waals surface area (Å²) in [5.74, 6) is 1.40. The lowest BCUT2D eigenvalue weighted by Gasteiger charge is -2.46. The largest absolute Gasteiger partial charge is 0.455 e. The number of rotatable bonds is 4. The normalized spacial score (nSPS) is 21.0. The van der Waals surface area contributed by atoms with E-state index in [0.717, 1.165) is 18.7 Å². The van der Waals surface area contributed by atoms with E-state index < -0.39 is 5.54 Å². The Hall–Kier alpha value is -2.33. The summed E-state index contributed by atoms with van der Waals surface area (Å²) in [6, 6.07) is 17.0. The summed E-state index contributed by atoms with van der Waals surface area (Å²) in [4.78, 5) is 14.6. The molecule has 1 aliphatic heterocycles. The Labute approximate surface area is 130 Å². The van der Waals surface area contributed by atoms with Crippen molar-refractivity contribution in [1.82, 2.24) is 4.90 Å². The fraction of sp³-hybridized carbons (Fsp3) is 0.278. The molecule has 1 heterocycles. The molecular formula is C18H20N2O2. The number of amides is 1. The van der Waals surface area contributed by atoms with Gasteiger partial charge in [-0.3, -0.25) is 9.69 Å². The molecule has 1 saturated heterocycles. The van der Waals surface area contributed by atoms with Gasteiger partial charge in [0.05, 0.1) is 11.2 Å². The number of nitrogens with zero attached hydrogens (tertiary/aromatic N) is 1. The molecule has 114 valence electrons. The summed E-state index contributed by atoms with van der Waals surface area (Å²) < 4.78 is 5.87. The quantitative estimate of drug-likeness (QED) is 0.938. The first kappa shape index (κ1) is 14.6. The molecule has 2 aromatic carbocycles. The predicted molar refractivity (Wildman–Crippen MR) is 87.2 cm³/mol. The minimum atomic E-state index is -0.431. The van der Waals surface area contributed by atoms with E-state index in [2.05, 4.69) is 10.2 Å². The Balaban J connectivity index is 1.78. The fourth-order valence-electron chi connectivity index (χ4n) is 2.49. The topological polar surface area (TPSA) is 41.6 Å². The number of para-hydroxylation sites is 3. The standard InChI is InChI=1S/C18H20N2O2/c1-18(12-13-20(18)2)17(21)19-15-10-6-7-11-16(15)22-14-8-4-3-5-9-14/h3-11H,12-13H2,1-2H3,(H,19,21). The highest BCUT2D eigenvalue weighted by Gasteiger charge is 2.44. The second kappa shape index (κ2) is 5.81. The third-order valence-corrected chi connectivity index (χ3v) is 4.37. The van der Waals surface area contributed by atoms with Gasteiger partial charge in [0.1, 0.15) is 5.75 Å². The van der Waals surface area contributed by atoms with E-state index in [1.165, 1.54) is 0 Å². The van der Waals surface area contributed by atoms with Crippen molar-refractivity contribution >= 4 is 11.6 Å². The summed E-state index contributed by atoms with van der Waals surface area (Å²) in [6.45, 7) is 2.92. The molecule has 1 unspecified atom stereocenters. The van der Waals surface area contributed by atoms with E-state index in [9.17, 15) is 4.79 Å². The number of hydrogen-bond donors (Lipinski definition) is 1. The monoisotopic (exact) mass is 296 g/mol. The van der Waals surface area contributed by atoms with Crippen LogP contribution in [0.5, 0.6) is 11.5 Å². The molecule has 0 aliphatic carbocycles. The number of carbonyl (C=O) groups is 1. The summed E-state index contributed by atoms with van der Waals surface area (Å²) in [7, 11) is 1.97. The summed E-state index contributed by atoms with van der Waals surface area (Å²) in [5, 5.41) is 3.00. The van der Waals surface area contributed by atoms with E-state index in [1.54, 1.807) is 0 Å². The molecule has 0 spiro atoms. The van der Waals surface area contributed by atoms with Crippen molar-refractivity contribution in [3.05, 3.63) is 54.6 Å². The van der Waals surface area contributed by atoms with Gasteiger partial charge in [-0.15, -0.1) is 0 Å². The lowest BCUT2D eigenvalue weighted by atomic mass is 9.86. The number of anilines is 1. The number of benzene rings is 2. The second-order valence-electron chi connectivity index (χ2n) is 5.81. The van der Waals surface area contributed by atoms with Gasteiger partial charge in [0.2, 0.25) is 5.91 Å². The van der Waals surface area contributed by atoms with Crippen LogP contribution in [0.15, 0.2) is 54.6 Å². The van der Waals surface area contributed by atoms with Crippen LogP contribution in [-0.4, -0.2) is 29.9 Å².